The van der Waals surface area contributed by atoms with E-state index in [0.717, 1.165) is 19.3 Å². The second-order valence-corrected chi connectivity index (χ2v) is 8.72. The number of esters is 1. The van der Waals surface area contributed by atoms with Gasteiger partial charge in [-0.1, -0.05) is 43.7 Å². The number of aliphatic hydroxyl groups is 2. The van der Waals surface area contributed by atoms with Crippen molar-refractivity contribution in [1.82, 2.24) is 0 Å². The molecule has 0 aromatic heterocycles. The summed E-state index contributed by atoms with van der Waals surface area (Å²) in [6, 6.07) is 0. The standard InChI is InChI=1S/C21H28O4/c1-12(22)25-17-11-13-10-14(23)6-8-20(13,2)16-7-9-21(3)15(19(16)17)4-5-18(21)24/h4-6,8,13-15,17-18,23-24H,7,9-11H2,1-3H3/t13?,14?,15-,17?,18?,20-,21-/m0/s1. The van der Waals surface area contributed by atoms with Gasteiger partial charge in [-0.05, 0) is 37.2 Å². The molecule has 0 heterocycles. The third-order valence-corrected chi connectivity index (χ3v) is 7.31. The number of rotatable bonds is 1. The predicted molar refractivity (Wildman–Crippen MR) is 94.5 cm³/mol. The molecule has 0 fully saturated rings. The lowest BCUT2D eigenvalue weighted by Crippen LogP contribution is -2.49. The van der Waals surface area contributed by atoms with Gasteiger partial charge in [0, 0.05) is 23.7 Å². The normalized spacial score (nSPS) is 48.0. The molecule has 4 heteroatoms. The zero-order valence-electron chi connectivity index (χ0n) is 15.2. The van der Waals surface area contributed by atoms with Crippen molar-refractivity contribution in [2.75, 3.05) is 0 Å². The maximum atomic E-state index is 11.8. The van der Waals surface area contributed by atoms with Gasteiger partial charge in [0.15, 0.2) is 0 Å². The van der Waals surface area contributed by atoms with E-state index in [1.165, 1.54) is 18.1 Å². The first-order chi connectivity index (χ1) is 11.8. The van der Waals surface area contributed by atoms with Crippen molar-refractivity contribution in [3.63, 3.8) is 0 Å². The zero-order valence-corrected chi connectivity index (χ0v) is 15.2. The first-order valence-corrected chi connectivity index (χ1v) is 9.40. The summed E-state index contributed by atoms with van der Waals surface area (Å²) < 4.78 is 5.76. The quantitative estimate of drug-likeness (QED) is 0.567. The maximum Gasteiger partial charge on any atom is 0.303 e. The monoisotopic (exact) mass is 344 g/mol. The van der Waals surface area contributed by atoms with E-state index < -0.39 is 12.2 Å². The van der Waals surface area contributed by atoms with E-state index >= 15 is 0 Å². The highest BCUT2D eigenvalue weighted by molar-refractivity contribution is 5.67. The summed E-state index contributed by atoms with van der Waals surface area (Å²) in [7, 11) is 0. The molecule has 25 heavy (non-hydrogen) atoms. The highest BCUT2D eigenvalue weighted by atomic mass is 16.5. The van der Waals surface area contributed by atoms with Crippen LogP contribution in [0.1, 0.15) is 46.5 Å². The average molecular weight is 344 g/mol. The van der Waals surface area contributed by atoms with Crippen LogP contribution in [-0.4, -0.2) is 34.5 Å². The van der Waals surface area contributed by atoms with Crippen molar-refractivity contribution in [3.8, 4) is 0 Å². The van der Waals surface area contributed by atoms with Crippen molar-refractivity contribution >= 4 is 5.97 Å². The molecule has 4 nitrogen and oxygen atoms in total. The number of hydrogen-bond acceptors (Lipinski definition) is 4. The van der Waals surface area contributed by atoms with Crippen LogP contribution in [0.15, 0.2) is 35.5 Å². The molecule has 7 atom stereocenters. The topological polar surface area (TPSA) is 66.8 Å². The van der Waals surface area contributed by atoms with Gasteiger partial charge < -0.3 is 14.9 Å². The van der Waals surface area contributed by atoms with E-state index in [0.29, 0.717) is 6.42 Å². The van der Waals surface area contributed by atoms with Gasteiger partial charge in [-0.3, -0.25) is 4.79 Å². The van der Waals surface area contributed by atoms with Crippen molar-refractivity contribution < 1.29 is 19.7 Å². The Kier molecular flexibility index (Phi) is 3.79. The summed E-state index contributed by atoms with van der Waals surface area (Å²) in [6.07, 6.45) is 10.3. The second-order valence-electron chi connectivity index (χ2n) is 8.72. The molecule has 0 aromatic rings. The van der Waals surface area contributed by atoms with E-state index in [4.69, 9.17) is 4.74 Å². The van der Waals surface area contributed by atoms with Crippen molar-refractivity contribution in [2.45, 2.75) is 64.8 Å². The van der Waals surface area contributed by atoms with Gasteiger partial charge in [0.1, 0.15) is 6.10 Å². The van der Waals surface area contributed by atoms with Crippen LogP contribution in [0.4, 0.5) is 0 Å². The number of hydrogen-bond donors (Lipinski definition) is 2. The fourth-order valence-electron chi connectivity index (χ4n) is 5.75. The Morgan fingerprint density at radius 3 is 2.68 bits per heavy atom. The molecule has 0 spiro atoms. The molecule has 0 bridgehead atoms. The van der Waals surface area contributed by atoms with E-state index in [-0.39, 0.29) is 34.7 Å². The molecule has 4 unspecified atom stereocenters. The molecular weight excluding hydrogens is 316 g/mol. The van der Waals surface area contributed by atoms with Gasteiger partial charge in [0.25, 0.3) is 0 Å². The lowest BCUT2D eigenvalue weighted by Gasteiger charge is -2.54. The van der Waals surface area contributed by atoms with E-state index in [2.05, 4.69) is 26.0 Å². The van der Waals surface area contributed by atoms with E-state index in [1.54, 1.807) is 0 Å². The third-order valence-electron chi connectivity index (χ3n) is 7.31. The van der Waals surface area contributed by atoms with Crippen LogP contribution in [0.3, 0.4) is 0 Å². The molecule has 2 N–H and O–H groups in total. The van der Waals surface area contributed by atoms with Crippen molar-refractivity contribution in [3.05, 3.63) is 35.5 Å². The molecule has 136 valence electrons. The maximum absolute atomic E-state index is 11.8. The van der Waals surface area contributed by atoms with Crippen LogP contribution in [0.5, 0.6) is 0 Å². The predicted octanol–water partition coefficient (Wildman–Crippen LogP) is 2.91. The molecule has 0 saturated carbocycles. The highest BCUT2D eigenvalue weighted by Crippen LogP contribution is 2.61. The van der Waals surface area contributed by atoms with Gasteiger partial charge in [-0.25, -0.2) is 0 Å². The largest absolute Gasteiger partial charge is 0.458 e. The first-order valence-electron chi connectivity index (χ1n) is 9.40. The molecule has 0 saturated heterocycles. The Labute approximate surface area is 149 Å². The Morgan fingerprint density at radius 2 is 1.96 bits per heavy atom. The SMILES string of the molecule is CC(=O)OC1CC2CC(O)C=C[C@]2(C)C2=C1[C@@H]1C=CC(O)[C@@]1(C)CC2. The zero-order chi connectivity index (χ0) is 18.0. The Hall–Kier alpha value is -1.39. The van der Waals surface area contributed by atoms with E-state index in [1.807, 2.05) is 12.2 Å². The smallest absolute Gasteiger partial charge is 0.303 e. The molecule has 0 aliphatic heterocycles. The summed E-state index contributed by atoms with van der Waals surface area (Å²) in [5, 5.41) is 20.6. The molecule has 4 rings (SSSR count). The van der Waals surface area contributed by atoms with Crippen LogP contribution < -0.4 is 0 Å². The summed E-state index contributed by atoms with van der Waals surface area (Å²) in [5.74, 6) is 0.131. The van der Waals surface area contributed by atoms with E-state index in [9.17, 15) is 15.0 Å². The summed E-state index contributed by atoms with van der Waals surface area (Å²) in [4.78, 5) is 11.8. The Morgan fingerprint density at radius 1 is 1.20 bits per heavy atom. The van der Waals surface area contributed by atoms with Crippen LogP contribution >= 0.6 is 0 Å². The molecular formula is C21H28O4. The van der Waals surface area contributed by atoms with Crippen LogP contribution in [0, 0.1) is 22.7 Å². The Balaban J connectivity index is 1.85. The minimum atomic E-state index is -0.446. The first kappa shape index (κ1) is 17.0. The molecule has 4 aliphatic rings. The lowest BCUT2D eigenvalue weighted by molar-refractivity contribution is -0.147. The van der Waals surface area contributed by atoms with Crippen LogP contribution in [0.25, 0.3) is 0 Å². The second kappa shape index (κ2) is 5.55. The number of aliphatic hydroxyl groups excluding tert-OH is 2. The summed E-state index contributed by atoms with van der Waals surface area (Å²) in [5.41, 5.74) is 2.27. The van der Waals surface area contributed by atoms with Gasteiger partial charge >= 0.3 is 5.97 Å². The molecule has 4 aliphatic carbocycles. The number of ether oxygens (including phenoxy) is 1. The highest BCUT2D eigenvalue weighted by Gasteiger charge is 2.55. The Bertz CT molecular complexity index is 690. The van der Waals surface area contributed by atoms with Crippen LogP contribution in [0.2, 0.25) is 0 Å². The number of carbonyl (C=O) groups is 1. The molecule has 0 radical (unpaired) electrons. The lowest BCUT2D eigenvalue weighted by atomic mass is 9.52. The number of carbonyl (C=O) groups excluding carboxylic acids is 1. The minimum Gasteiger partial charge on any atom is -0.458 e. The fourth-order valence-corrected chi connectivity index (χ4v) is 5.75. The van der Waals surface area contributed by atoms with Gasteiger partial charge in [-0.15, -0.1) is 0 Å². The third kappa shape index (κ3) is 2.37. The van der Waals surface area contributed by atoms with Gasteiger partial charge in [-0.2, -0.15) is 0 Å². The van der Waals surface area contributed by atoms with Gasteiger partial charge in [0.05, 0.1) is 12.2 Å². The van der Waals surface area contributed by atoms with Crippen molar-refractivity contribution in [1.29, 1.82) is 0 Å². The minimum absolute atomic E-state index is 0.0894. The molecule has 0 amide bonds. The summed E-state index contributed by atoms with van der Waals surface area (Å²) in [6.45, 7) is 5.87. The average Bonchev–Trinajstić information content (AvgIpc) is 2.84. The van der Waals surface area contributed by atoms with Crippen LogP contribution in [-0.2, 0) is 9.53 Å². The number of allylic oxidation sites excluding steroid dienone is 3. The van der Waals surface area contributed by atoms with Gasteiger partial charge in [0.2, 0.25) is 0 Å². The van der Waals surface area contributed by atoms with Crippen molar-refractivity contribution in [2.24, 2.45) is 22.7 Å². The number of fused-ring (bicyclic) bond motifs is 4. The summed E-state index contributed by atoms with van der Waals surface area (Å²) >= 11 is 0. The molecule has 0 aromatic carbocycles. The fraction of sp³-hybridized carbons (Fsp3) is 0.667.